The Balaban J connectivity index is 1.68. The molecule has 0 saturated heterocycles. The molecule has 0 amide bonds. The van der Waals surface area contributed by atoms with Gasteiger partial charge in [0.2, 0.25) is 35.7 Å². The lowest BCUT2D eigenvalue weighted by Crippen LogP contribution is -2.08. The topological polar surface area (TPSA) is 292 Å². The number of anilines is 8. The highest BCUT2D eigenvalue weighted by Gasteiger charge is 2.13. The summed E-state index contributed by atoms with van der Waals surface area (Å²) >= 11 is 0. The van der Waals surface area contributed by atoms with Crippen LogP contribution in [0.5, 0.6) is 0 Å². The van der Waals surface area contributed by atoms with Gasteiger partial charge in [-0.3, -0.25) is 0 Å². The molecule has 0 spiro atoms. The molecule has 4 rings (SSSR count). The SMILES string of the molecule is CNc1nc(N)nc(Nc2ccc(/C=C/c3ccc(Nc4nc(N)nc(NC)n4)cc3S(=O)(=O)[O-])c(S(=O)(=O)[O-])c2)n1. The van der Waals surface area contributed by atoms with E-state index < -0.39 is 30.0 Å². The maximum atomic E-state index is 12.1. The van der Waals surface area contributed by atoms with Crippen LogP contribution in [-0.2, 0) is 20.2 Å². The van der Waals surface area contributed by atoms with Gasteiger partial charge < -0.3 is 41.8 Å². The van der Waals surface area contributed by atoms with E-state index in [0.29, 0.717) is 0 Å². The maximum absolute atomic E-state index is 12.1. The molecule has 0 aliphatic rings. The maximum Gasteiger partial charge on any atom is 0.233 e. The van der Waals surface area contributed by atoms with E-state index in [1.54, 1.807) is 14.1 Å². The second-order valence-corrected chi connectivity index (χ2v) is 10.9. The van der Waals surface area contributed by atoms with Crippen molar-refractivity contribution in [2.45, 2.75) is 9.79 Å². The average Bonchev–Trinajstić information content (AvgIpc) is 2.91. The highest BCUT2D eigenvalue weighted by molar-refractivity contribution is 7.86. The normalized spacial score (nSPS) is 11.8. The minimum absolute atomic E-state index is 0.0228. The van der Waals surface area contributed by atoms with Crippen LogP contribution in [0, 0.1) is 0 Å². The standard InChI is InChI=1S/C22H24N12O6S2/c1-25-19-29-17(23)31-21(33-19)27-13-7-5-11(15(9-13)41(35,36)37)3-4-12-6-8-14(10-16(12)42(38,39)40)28-22-32-18(24)30-20(26-2)34-22/h3-10H,1-2H3,(H,35,36,37)(H,38,39,40)(H4,23,25,27,29,31,33)(H4,24,26,28,30,32,34)/p-2/b4-3+. The van der Waals surface area contributed by atoms with E-state index in [9.17, 15) is 25.9 Å². The summed E-state index contributed by atoms with van der Waals surface area (Å²) in [6.07, 6.45) is 2.36. The first-order chi connectivity index (χ1) is 19.7. The Bertz CT molecular complexity index is 1770. The summed E-state index contributed by atoms with van der Waals surface area (Å²) in [5.74, 6) is 0.0198. The molecule has 0 atom stereocenters. The third kappa shape index (κ3) is 7.31. The zero-order chi connectivity index (χ0) is 30.7. The summed E-state index contributed by atoms with van der Waals surface area (Å²) in [5, 5.41) is 10.8. The highest BCUT2D eigenvalue weighted by Crippen LogP contribution is 2.28. The third-order valence-electron chi connectivity index (χ3n) is 5.27. The van der Waals surface area contributed by atoms with E-state index in [1.807, 2.05) is 0 Å². The van der Waals surface area contributed by atoms with Gasteiger partial charge in [-0.2, -0.15) is 29.9 Å². The Morgan fingerprint density at radius 3 is 1.31 bits per heavy atom. The summed E-state index contributed by atoms with van der Waals surface area (Å²) in [6, 6.07) is 7.51. The largest absolute Gasteiger partial charge is 0.744 e. The van der Waals surface area contributed by atoms with Crippen LogP contribution >= 0.6 is 0 Å². The van der Waals surface area contributed by atoms with Crippen LogP contribution in [0.15, 0.2) is 46.2 Å². The molecule has 2 aromatic carbocycles. The zero-order valence-corrected chi connectivity index (χ0v) is 23.4. The first-order valence-corrected chi connectivity index (χ1v) is 14.4. The molecular weight excluding hydrogens is 592 g/mol. The Kier molecular flexibility index (Phi) is 8.33. The molecule has 0 aliphatic carbocycles. The summed E-state index contributed by atoms with van der Waals surface area (Å²) in [6.45, 7) is 0. The van der Waals surface area contributed by atoms with Crippen molar-refractivity contribution in [3.8, 4) is 0 Å². The van der Waals surface area contributed by atoms with E-state index in [0.717, 1.165) is 12.1 Å². The molecule has 2 heterocycles. The van der Waals surface area contributed by atoms with Crippen LogP contribution in [0.1, 0.15) is 11.1 Å². The lowest BCUT2D eigenvalue weighted by Gasteiger charge is -2.15. The first kappa shape index (κ1) is 29.8. The van der Waals surface area contributed by atoms with Crippen molar-refractivity contribution in [3.63, 3.8) is 0 Å². The molecule has 0 aliphatic heterocycles. The second-order valence-electron chi connectivity index (χ2n) is 8.18. The number of aromatic nitrogens is 6. The van der Waals surface area contributed by atoms with Crippen LogP contribution in [0.4, 0.5) is 47.1 Å². The number of benzene rings is 2. The zero-order valence-electron chi connectivity index (χ0n) is 21.7. The van der Waals surface area contributed by atoms with Gasteiger partial charge >= 0.3 is 0 Å². The number of hydrogen-bond donors (Lipinski definition) is 6. The van der Waals surface area contributed by atoms with Gasteiger partial charge in [0.25, 0.3) is 0 Å². The smallest absolute Gasteiger partial charge is 0.233 e. The van der Waals surface area contributed by atoms with Crippen molar-refractivity contribution in [1.29, 1.82) is 0 Å². The molecule has 4 aromatic rings. The highest BCUT2D eigenvalue weighted by atomic mass is 32.2. The molecule has 0 fully saturated rings. The van der Waals surface area contributed by atoms with Gasteiger partial charge in [0, 0.05) is 25.5 Å². The monoisotopic (exact) mass is 614 g/mol. The van der Waals surface area contributed by atoms with E-state index in [-0.39, 0.29) is 58.2 Å². The van der Waals surface area contributed by atoms with Gasteiger partial charge in [0.05, 0.1) is 9.79 Å². The Hall–Kier alpha value is -5.18. The van der Waals surface area contributed by atoms with Gasteiger partial charge in [0.1, 0.15) is 20.2 Å². The molecule has 0 radical (unpaired) electrons. The van der Waals surface area contributed by atoms with Crippen molar-refractivity contribution >= 4 is 79.5 Å². The van der Waals surface area contributed by atoms with Crippen LogP contribution in [0.2, 0.25) is 0 Å². The minimum atomic E-state index is -5.02. The van der Waals surface area contributed by atoms with E-state index in [2.05, 4.69) is 51.2 Å². The van der Waals surface area contributed by atoms with Gasteiger partial charge in [0.15, 0.2) is 0 Å². The fraction of sp³-hybridized carbons (Fsp3) is 0.0909. The predicted molar refractivity (Wildman–Crippen MR) is 152 cm³/mol. The number of nitrogens with one attached hydrogen (secondary N) is 4. The van der Waals surface area contributed by atoms with E-state index in [4.69, 9.17) is 11.5 Å². The Labute approximate surface area is 239 Å². The lowest BCUT2D eigenvalue weighted by atomic mass is 10.1. The Morgan fingerprint density at radius 1 is 0.619 bits per heavy atom. The van der Waals surface area contributed by atoms with Gasteiger partial charge in [-0.25, -0.2) is 16.8 Å². The first-order valence-electron chi connectivity index (χ1n) is 11.6. The number of rotatable bonds is 10. The van der Waals surface area contributed by atoms with Crippen LogP contribution in [0.25, 0.3) is 12.2 Å². The molecule has 0 saturated carbocycles. The van der Waals surface area contributed by atoms with E-state index >= 15 is 0 Å². The van der Waals surface area contributed by atoms with Crippen molar-refractivity contribution in [1.82, 2.24) is 29.9 Å². The molecule has 0 bridgehead atoms. The van der Waals surface area contributed by atoms with Crippen molar-refractivity contribution in [3.05, 3.63) is 47.5 Å². The van der Waals surface area contributed by atoms with Gasteiger partial charge in [-0.1, -0.05) is 24.3 Å². The molecule has 8 N–H and O–H groups in total. The molecule has 20 heteroatoms. The van der Waals surface area contributed by atoms with Crippen LogP contribution in [-0.4, -0.2) is 69.9 Å². The predicted octanol–water partition coefficient (Wildman–Crippen LogP) is 0.770. The number of hydrogen-bond acceptors (Lipinski definition) is 18. The van der Waals surface area contributed by atoms with Crippen molar-refractivity contribution in [2.75, 3.05) is 46.8 Å². The summed E-state index contributed by atoms with van der Waals surface area (Å²) in [4.78, 5) is 22.3. The number of nitrogens with zero attached hydrogens (tertiary/aromatic N) is 6. The van der Waals surface area contributed by atoms with Crippen LogP contribution < -0.4 is 32.7 Å². The summed E-state index contributed by atoms with van der Waals surface area (Å²) in [5.41, 5.74) is 11.4. The van der Waals surface area contributed by atoms with Gasteiger partial charge in [-0.15, -0.1) is 0 Å². The molecule has 2 aromatic heterocycles. The summed E-state index contributed by atoms with van der Waals surface area (Å²) < 4.78 is 72.4. The molecule has 220 valence electrons. The number of nitrogen functional groups attached to an aromatic ring is 2. The average molecular weight is 615 g/mol. The molecule has 42 heavy (non-hydrogen) atoms. The summed E-state index contributed by atoms with van der Waals surface area (Å²) in [7, 11) is -6.92. The quantitative estimate of drug-likeness (QED) is 0.106. The lowest BCUT2D eigenvalue weighted by molar-refractivity contribution is 0.460. The van der Waals surface area contributed by atoms with Crippen molar-refractivity contribution in [2.24, 2.45) is 0 Å². The Morgan fingerprint density at radius 2 is 0.976 bits per heavy atom. The van der Waals surface area contributed by atoms with Gasteiger partial charge in [-0.05, 0) is 35.4 Å². The number of nitrogens with two attached hydrogens (primary N) is 2. The van der Waals surface area contributed by atoms with Crippen LogP contribution in [0.3, 0.4) is 0 Å². The van der Waals surface area contributed by atoms with Crippen molar-refractivity contribution < 1.29 is 25.9 Å². The molecular formula is C22H22N12O6S2-2. The van der Waals surface area contributed by atoms with E-state index in [1.165, 1.54) is 36.4 Å². The third-order valence-corrected chi connectivity index (χ3v) is 7.06. The fourth-order valence-electron chi connectivity index (χ4n) is 3.49. The minimum Gasteiger partial charge on any atom is -0.744 e. The fourth-order valence-corrected chi connectivity index (χ4v) is 4.88. The molecule has 18 nitrogen and oxygen atoms in total. The molecule has 0 unspecified atom stereocenters. The second kappa shape index (κ2) is 11.7.